The highest BCUT2D eigenvalue weighted by atomic mass is 16.2. The van der Waals surface area contributed by atoms with Crippen LogP contribution in [0.2, 0.25) is 0 Å². The molecular formula is C14H26N4O2. The summed E-state index contributed by atoms with van der Waals surface area (Å²) in [5.74, 6) is -0.0962. The number of carbonyl (C=O) groups excluding carboxylic acids is 2. The van der Waals surface area contributed by atoms with Crippen LogP contribution in [0.25, 0.3) is 0 Å². The van der Waals surface area contributed by atoms with Gasteiger partial charge in [0.2, 0.25) is 11.8 Å². The van der Waals surface area contributed by atoms with Crippen LogP contribution in [0.1, 0.15) is 32.1 Å². The number of nitrogens with two attached hydrogens (primary N) is 1. The van der Waals surface area contributed by atoms with Crippen LogP contribution in [0, 0.1) is 5.92 Å². The Morgan fingerprint density at radius 1 is 1.15 bits per heavy atom. The van der Waals surface area contributed by atoms with Crippen LogP contribution >= 0.6 is 0 Å². The lowest BCUT2D eigenvalue weighted by Gasteiger charge is -2.28. The van der Waals surface area contributed by atoms with E-state index in [9.17, 15) is 9.59 Å². The van der Waals surface area contributed by atoms with Gasteiger partial charge in [0, 0.05) is 25.0 Å². The lowest BCUT2D eigenvalue weighted by Crippen LogP contribution is -2.45. The first-order chi connectivity index (χ1) is 9.65. The minimum atomic E-state index is -0.202. The molecule has 20 heavy (non-hydrogen) atoms. The largest absolute Gasteiger partial charge is 0.369 e. The molecule has 6 nitrogen and oxygen atoms in total. The molecule has 0 aromatic carbocycles. The fraction of sp³-hybridized carbons (Fsp3) is 0.857. The second-order valence-electron chi connectivity index (χ2n) is 5.90. The number of nitrogens with one attached hydrogen (secondary N) is 2. The van der Waals surface area contributed by atoms with Crippen molar-refractivity contribution in [1.82, 2.24) is 15.5 Å². The van der Waals surface area contributed by atoms with E-state index in [0.29, 0.717) is 6.54 Å². The Balaban J connectivity index is 1.68. The molecule has 0 radical (unpaired) electrons. The minimum Gasteiger partial charge on any atom is -0.369 e. The Labute approximate surface area is 120 Å². The molecule has 6 heteroatoms. The Bertz CT molecular complexity index is 332. The molecule has 2 fully saturated rings. The van der Waals surface area contributed by atoms with Crippen molar-refractivity contribution in [1.29, 1.82) is 0 Å². The summed E-state index contributed by atoms with van der Waals surface area (Å²) in [5, 5.41) is 6.42. The van der Waals surface area contributed by atoms with Gasteiger partial charge in [-0.1, -0.05) is 0 Å². The van der Waals surface area contributed by atoms with Crippen LogP contribution in [0.5, 0.6) is 0 Å². The van der Waals surface area contributed by atoms with Crippen LogP contribution in [-0.4, -0.2) is 55.5 Å². The zero-order chi connectivity index (χ0) is 14.4. The van der Waals surface area contributed by atoms with Crippen molar-refractivity contribution in [3.05, 3.63) is 0 Å². The van der Waals surface area contributed by atoms with E-state index in [1.165, 1.54) is 0 Å². The summed E-state index contributed by atoms with van der Waals surface area (Å²) in [6, 6.07) is 0.211. The van der Waals surface area contributed by atoms with E-state index in [4.69, 9.17) is 5.73 Å². The second kappa shape index (κ2) is 7.59. The number of rotatable bonds is 4. The van der Waals surface area contributed by atoms with Gasteiger partial charge in [-0.15, -0.1) is 0 Å². The molecule has 0 bridgehead atoms. The summed E-state index contributed by atoms with van der Waals surface area (Å²) < 4.78 is 0. The molecule has 0 aromatic rings. The number of hydrogen-bond donors (Lipinski definition) is 3. The monoisotopic (exact) mass is 282 g/mol. The highest BCUT2D eigenvalue weighted by molar-refractivity contribution is 5.78. The van der Waals surface area contributed by atoms with Crippen molar-refractivity contribution < 1.29 is 9.59 Å². The van der Waals surface area contributed by atoms with Gasteiger partial charge >= 0.3 is 0 Å². The molecule has 0 unspecified atom stereocenters. The van der Waals surface area contributed by atoms with Crippen molar-refractivity contribution in [2.24, 2.45) is 11.7 Å². The third-order valence-corrected chi connectivity index (χ3v) is 4.29. The van der Waals surface area contributed by atoms with Gasteiger partial charge in [0.25, 0.3) is 0 Å². The molecule has 2 aliphatic rings. The van der Waals surface area contributed by atoms with E-state index >= 15 is 0 Å². The Morgan fingerprint density at radius 3 is 2.60 bits per heavy atom. The van der Waals surface area contributed by atoms with Gasteiger partial charge in [-0.25, -0.2) is 0 Å². The van der Waals surface area contributed by atoms with E-state index in [1.807, 2.05) is 0 Å². The topological polar surface area (TPSA) is 87.5 Å². The van der Waals surface area contributed by atoms with E-state index in [0.717, 1.165) is 58.3 Å². The minimum absolute atomic E-state index is 0.000154. The lowest BCUT2D eigenvalue weighted by atomic mass is 9.85. The maximum absolute atomic E-state index is 12.0. The quantitative estimate of drug-likeness (QED) is 0.645. The first-order valence-electron chi connectivity index (χ1n) is 7.67. The summed E-state index contributed by atoms with van der Waals surface area (Å²) in [6.07, 6.45) is 4.42. The SMILES string of the molecule is NC(=O)C1CCC(NC(=O)CN2CCCNCC2)CC1. The Kier molecular flexibility index (Phi) is 5.79. The molecular weight excluding hydrogens is 256 g/mol. The third kappa shape index (κ3) is 4.76. The fourth-order valence-electron chi connectivity index (χ4n) is 3.06. The maximum Gasteiger partial charge on any atom is 0.234 e. The molecule has 2 amide bonds. The second-order valence-corrected chi connectivity index (χ2v) is 5.90. The Morgan fingerprint density at radius 2 is 1.90 bits per heavy atom. The molecule has 1 heterocycles. The Hall–Kier alpha value is -1.14. The fourth-order valence-corrected chi connectivity index (χ4v) is 3.06. The molecule has 114 valence electrons. The van der Waals surface area contributed by atoms with Crippen LogP contribution in [0.4, 0.5) is 0 Å². The van der Waals surface area contributed by atoms with Crippen molar-refractivity contribution in [3.8, 4) is 0 Å². The van der Waals surface area contributed by atoms with E-state index in [-0.39, 0.29) is 23.8 Å². The van der Waals surface area contributed by atoms with Crippen molar-refractivity contribution in [2.45, 2.75) is 38.1 Å². The molecule has 1 aliphatic heterocycles. The van der Waals surface area contributed by atoms with Crippen LogP contribution in [0.3, 0.4) is 0 Å². The van der Waals surface area contributed by atoms with Crippen LogP contribution in [-0.2, 0) is 9.59 Å². The first-order valence-corrected chi connectivity index (χ1v) is 7.67. The number of hydrogen-bond acceptors (Lipinski definition) is 4. The van der Waals surface area contributed by atoms with Gasteiger partial charge < -0.3 is 16.4 Å². The number of nitrogens with zero attached hydrogens (tertiary/aromatic N) is 1. The zero-order valence-corrected chi connectivity index (χ0v) is 12.1. The number of primary amides is 1. The molecule has 0 spiro atoms. The van der Waals surface area contributed by atoms with E-state index < -0.39 is 0 Å². The summed E-state index contributed by atoms with van der Waals surface area (Å²) in [5.41, 5.74) is 5.31. The smallest absolute Gasteiger partial charge is 0.234 e. The normalized spacial score (nSPS) is 28.6. The highest BCUT2D eigenvalue weighted by Crippen LogP contribution is 2.23. The third-order valence-electron chi connectivity index (χ3n) is 4.29. The van der Waals surface area contributed by atoms with Gasteiger partial charge in [0.1, 0.15) is 0 Å². The number of carbonyl (C=O) groups is 2. The summed E-state index contributed by atoms with van der Waals surface area (Å²) in [4.78, 5) is 25.3. The molecule has 0 atom stereocenters. The predicted octanol–water partition coefficient (Wildman–Crippen LogP) is -0.558. The molecule has 4 N–H and O–H groups in total. The molecule has 1 saturated heterocycles. The standard InChI is InChI=1S/C14H26N4O2/c15-14(20)11-2-4-12(5-3-11)17-13(19)10-18-8-1-6-16-7-9-18/h11-12,16H,1-10H2,(H2,15,20)(H,17,19). The number of amides is 2. The summed E-state index contributed by atoms with van der Waals surface area (Å²) >= 11 is 0. The zero-order valence-electron chi connectivity index (χ0n) is 12.1. The van der Waals surface area contributed by atoms with Crippen molar-refractivity contribution in [2.75, 3.05) is 32.7 Å². The predicted molar refractivity (Wildman–Crippen MR) is 77.0 cm³/mol. The molecule has 1 aliphatic carbocycles. The van der Waals surface area contributed by atoms with Crippen LogP contribution in [0.15, 0.2) is 0 Å². The highest BCUT2D eigenvalue weighted by Gasteiger charge is 2.25. The summed E-state index contributed by atoms with van der Waals surface area (Å²) in [7, 11) is 0. The average Bonchev–Trinajstić information content (AvgIpc) is 2.68. The molecule has 2 rings (SSSR count). The summed E-state index contributed by atoms with van der Waals surface area (Å²) in [6.45, 7) is 4.39. The molecule has 1 saturated carbocycles. The average molecular weight is 282 g/mol. The van der Waals surface area contributed by atoms with Gasteiger partial charge in [0.15, 0.2) is 0 Å². The molecule has 0 aromatic heterocycles. The van der Waals surface area contributed by atoms with E-state index in [1.54, 1.807) is 0 Å². The van der Waals surface area contributed by atoms with Gasteiger partial charge in [-0.2, -0.15) is 0 Å². The van der Waals surface area contributed by atoms with Crippen LogP contribution < -0.4 is 16.4 Å². The van der Waals surface area contributed by atoms with Crippen molar-refractivity contribution >= 4 is 11.8 Å². The van der Waals surface area contributed by atoms with Crippen molar-refractivity contribution in [3.63, 3.8) is 0 Å². The van der Waals surface area contributed by atoms with E-state index in [2.05, 4.69) is 15.5 Å². The first kappa shape index (κ1) is 15.3. The van der Waals surface area contributed by atoms with Gasteiger partial charge in [-0.05, 0) is 45.2 Å². The van der Waals surface area contributed by atoms with Gasteiger partial charge in [0.05, 0.1) is 6.54 Å². The lowest BCUT2D eigenvalue weighted by molar-refractivity contribution is -0.123. The maximum atomic E-state index is 12.0. The van der Waals surface area contributed by atoms with Gasteiger partial charge in [-0.3, -0.25) is 14.5 Å².